The van der Waals surface area contributed by atoms with E-state index in [-0.39, 0.29) is 28.5 Å². The average Bonchev–Trinajstić information content (AvgIpc) is 2.62. The molecule has 2 aromatic carbocycles. The van der Waals surface area contributed by atoms with Gasteiger partial charge in [-0.1, -0.05) is 0 Å². The van der Waals surface area contributed by atoms with Crippen molar-refractivity contribution in [3.05, 3.63) is 53.1 Å². The van der Waals surface area contributed by atoms with Crippen molar-refractivity contribution < 1.29 is 28.2 Å². The maximum absolute atomic E-state index is 13.6. The molecule has 0 aliphatic rings. The van der Waals surface area contributed by atoms with Crippen LogP contribution in [0.5, 0.6) is 17.2 Å². The minimum Gasteiger partial charge on any atom is -0.502 e. The molecule has 0 saturated carbocycles. The van der Waals surface area contributed by atoms with E-state index in [4.69, 9.17) is 9.47 Å². The zero-order valence-electron chi connectivity index (χ0n) is 13.8. The normalized spacial score (nSPS) is 10.8. The topological polar surface area (TPSA) is 91.6 Å². The number of nitrogens with one attached hydrogen (secondary N) is 1. The zero-order chi connectivity index (χ0) is 19.3. The molecule has 6 nitrogen and oxygen atoms in total. The SMILES string of the molecule is COc1cc(/C=C(\C#N)C(=O)Nc2ccc(F)cc2F)cc(OC)c1O. The van der Waals surface area contributed by atoms with Crippen molar-refractivity contribution in [1.29, 1.82) is 5.26 Å². The first-order valence-electron chi connectivity index (χ1n) is 7.22. The number of carbonyl (C=O) groups is 1. The summed E-state index contributed by atoms with van der Waals surface area (Å²) in [4.78, 5) is 12.2. The van der Waals surface area contributed by atoms with Crippen molar-refractivity contribution >= 4 is 17.7 Å². The van der Waals surface area contributed by atoms with Crippen molar-refractivity contribution in [3.63, 3.8) is 0 Å². The van der Waals surface area contributed by atoms with Gasteiger partial charge in [0.1, 0.15) is 23.3 Å². The Bertz CT molecular complexity index is 895. The van der Waals surface area contributed by atoms with E-state index in [9.17, 15) is 23.9 Å². The van der Waals surface area contributed by atoms with Crippen LogP contribution in [0, 0.1) is 23.0 Å². The van der Waals surface area contributed by atoms with Crippen molar-refractivity contribution in [2.24, 2.45) is 0 Å². The van der Waals surface area contributed by atoms with E-state index in [0.29, 0.717) is 11.6 Å². The smallest absolute Gasteiger partial charge is 0.266 e. The fraction of sp³-hybridized carbons (Fsp3) is 0.111. The summed E-state index contributed by atoms with van der Waals surface area (Å²) in [5, 5.41) is 21.3. The Labute approximate surface area is 147 Å². The summed E-state index contributed by atoms with van der Waals surface area (Å²) in [6.07, 6.45) is 1.21. The summed E-state index contributed by atoms with van der Waals surface area (Å²) in [6.45, 7) is 0. The van der Waals surface area contributed by atoms with E-state index >= 15 is 0 Å². The van der Waals surface area contributed by atoms with Crippen molar-refractivity contribution in [1.82, 2.24) is 0 Å². The summed E-state index contributed by atoms with van der Waals surface area (Å²) in [6, 6.07) is 7.11. The molecule has 0 atom stereocenters. The van der Waals surface area contributed by atoms with Gasteiger partial charge in [-0.25, -0.2) is 8.78 Å². The highest BCUT2D eigenvalue weighted by molar-refractivity contribution is 6.09. The summed E-state index contributed by atoms with van der Waals surface area (Å²) in [5.74, 6) is -2.72. The molecule has 0 radical (unpaired) electrons. The molecule has 2 aromatic rings. The maximum atomic E-state index is 13.6. The highest BCUT2D eigenvalue weighted by atomic mass is 19.1. The summed E-state index contributed by atoms with van der Waals surface area (Å²) >= 11 is 0. The number of halogens is 2. The Morgan fingerprint density at radius 2 is 1.81 bits per heavy atom. The quantitative estimate of drug-likeness (QED) is 0.631. The number of rotatable bonds is 5. The summed E-state index contributed by atoms with van der Waals surface area (Å²) in [5.41, 5.74) is -0.273. The predicted molar refractivity (Wildman–Crippen MR) is 89.8 cm³/mol. The number of hydrogen-bond donors (Lipinski definition) is 2. The van der Waals surface area contributed by atoms with Gasteiger partial charge in [-0.15, -0.1) is 0 Å². The molecule has 26 heavy (non-hydrogen) atoms. The second-order valence-electron chi connectivity index (χ2n) is 5.02. The number of amides is 1. The van der Waals surface area contributed by atoms with E-state index in [1.54, 1.807) is 6.07 Å². The van der Waals surface area contributed by atoms with Gasteiger partial charge >= 0.3 is 0 Å². The third kappa shape index (κ3) is 4.08. The molecule has 0 saturated heterocycles. The maximum Gasteiger partial charge on any atom is 0.266 e. The third-order valence-corrected chi connectivity index (χ3v) is 3.36. The van der Waals surface area contributed by atoms with Gasteiger partial charge in [0.2, 0.25) is 5.75 Å². The predicted octanol–water partition coefficient (Wildman–Crippen LogP) is 3.23. The highest BCUT2D eigenvalue weighted by Crippen LogP contribution is 2.37. The molecule has 134 valence electrons. The first kappa shape index (κ1) is 18.7. The second kappa shape index (κ2) is 7.98. The van der Waals surface area contributed by atoms with E-state index in [0.717, 1.165) is 12.1 Å². The fourth-order valence-electron chi connectivity index (χ4n) is 2.09. The van der Waals surface area contributed by atoms with E-state index in [2.05, 4.69) is 5.32 Å². The molecule has 1 amide bonds. The van der Waals surface area contributed by atoms with Crippen molar-refractivity contribution in [2.75, 3.05) is 19.5 Å². The first-order chi connectivity index (χ1) is 12.4. The van der Waals surface area contributed by atoms with Gasteiger partial charge in [0, 0.05) is 6.07 Å². The van der Waals surface area contributed by atoms with E-state index < -0.39 is 17.5 Å². The largest absolute Gasteiger partial charge is 0.502 e. The van der Waals surface area contributed by atoms with Gasteiger partial charge in [0.05, 0.1) is 19.9 Å². The average molecular weight is 360 g/mol. The van der Waals surface area contributed by atoms with Crippen molar-refractivity contribution in [2.45, 2.75) is 0 Å². The van der Waals surface area contributed by atoms with E-state index in [1.165, 1.54) is 32.4 Å². The minimum absolute atomic E-state index is 0.0814. The molecule has 0 unspecified atom stereocenters. The number of anilines is 1. The Morgan fingerprint density at radius 1 is 1.19 bits per heavy atom. The molecular weight excluding hydrogens is 346 g/mol. The Balaban J connectivity index is 2.35. The number of hydrogen-bond acceptors (Lipinski definition) is 5. The lowest BCUT2D eigenvalue weighted by molar-refractivity contribution is -0.112. The van der Waals surface area contributed by atoms with Gasteiger partial charge in [-0.05, 0) is 35.9 Å². The number of ether oxygens (including phenoxy) is 2. The molecular formula is C18H14F2N2O4. The number of nitrogens with zero attached hydrogens (tertiary/aromatic N) is 1. The molecule has 2 N–H and O–H groups in total. The van der Waals surface area contributed by atoms with Gasteiger partial charge in [-0.3, -0.25) is 4.79 Å². The number of benzene rings is 2. The standard InChI is InChI=1S/C18H14F2N2O4/c1-25-15-6-10(7-16(26-2)17(15)23)5-11(9-21)18(24)22-14-4-3-12(19)8-13(14)20/h3-8,23H,1-2H3,(H,22,24)/b11-5+. The highest BCUT2D eigenvalue weighted by Gasteiger charge is 2.15. The lowest BCUT2D eigenvalue weighted by atomic mass is 10.1. The van der Waals surface area contributed by atoms with Crippen LogP contribution in [-0.4, -0.2) is 25.2 Å². The number of nitriles is 1. The van der Waals surface area contributed by atoms with Gasteiger partial charge in [0.25, 0.3) is 5.91 Å². The lowest BCUT2D eigenvalue weighted by Crippen LogP contribution is -2.14. The molecule has 0 heterocycles. The number of aromatic hydroxyl groups is 1. The number of phenolic OH excluding ortho intramolecular Hbond substituents is 1. The third-order valence-electron chi connectivity index (χ3n) is 3.36. The molecule has 0 aromatic heterocycles. The molecule has 0 aliphatic heterocycles. The molecule has 2 rings (SSSR count). The van der Waals surface area contributed by atoms with Crippen LogP contribution in [0.4, 0.5) is 14.5 Å². The molecule has 0 bridgehead atoms. The van der Waals surface area contributed by atoms with Gasteiger partial charge < -0.3 is 19.9 Å². The summed E-state index contributed by atoms with van der Waals surface area (Å²) < 4.78 is 36.5. The monoisotopic (exact) mass is 360 g/mol. The Kier molecular flexibility index (Phi) is 5.75. The van der Waals surface area contributed by atoms with E-state index in [1.807, 2.05) is 0 Å². The van der Waals surface area contributed by atoms with Crippen LogP contribution >= 0.6 is 0 Å². The molecule has 0 aliphatic carbocycles. The Morgan fingerprint density at radius 3 is 2.31 bits per heavy atom. The van der Waals surface area contributed by atoms with Gasteiger partial charge in [-0.2, -0.15) is 5.26 Å². The number of methoxy groups -OCH3 is 2. The van der Waals surface area contributed by atoms with Crippen LogP contribution in [0.25, 0.3) is 6.08 Å². The molecule has 0 spiro atoms. The van der Waals surface area contributed by atoms with Crippen LogP contribution in [0.2, 0.25) is 0 Å². The zero-order valence-corrected chi connectivity index (χ0v) is 13.8. The van der Waals surface area contributed by atoms with Crippen LogP contribution in [0.15, 0.2) is 35.9 Å². The van der Waals surface area contributed by atoms with Crippen LogP contribution in [-0.2, 0) is 4.79 Å². The van der Waals surface area contributed by atoms with Gasteiger partial charge in [0.15, 0.2) is 11.5 Å². The van der Waals surface area contributed by atoms with Crippen molar-refractivity contribution in [3.8, 4) is 23.3 Å². The van der Waals surface area contributed by atoms with Crippen LogP contribution in [0.3, 0.4) is 0 Å². The molecule has 8 heteroatoms. The Hall–Kier alpha value is -3.60. The number of carbonyl (C=O) groups excluding carboxylic acids is 1. The van der Waals surface area contributed by atoms with Crippen LogP contribution < -0.4 is 14.8 Å². The van der Waals surface area contributed by atoms with Crippen LogP contribution in [0.1, 0.15) is 5.56 Å². The second-order valence-corrected chi connectivity index (χ2v) is 5.02. The minimum atomic E-state index is -0.969. The number of phenols is 1. The lowest BCUT2D eigenvalue weighted by Gasteiger charge is -2.10. The summed E-state index contributed by atoms with van der Waals surface area (Å²) in [7, 11) is 2.66. The fourth-order valence-corrected chi connectivity index (χ4v) is 2.09. The first-order valence-corrected chi connectivity index (χ1v) is 7.22. The molecule has 0 fully saturated rings.